The lowest BCUT2D eigenvalue weighted by molar-refractivity contribution is -0.121. The Kier molecular flexibility index (Phi) is 3.06. The number of carbonyl (C=O) groups excluding carboxylic acids is 1. The van der Waals surface area contributed by atoms with Crippen molar-refractivity contribution in [2.45, 2.75) is 39.2 Å². The molecule has 1 aliphatic rings. The van der Waals surface area contributed by atoms with Crippen LogP contribution >= 0.6 is 0 Å². The van der Waals surface area contributed by atoms with E-state index >= 15 is 0 Å². The maximum Gasteiger partial charge on any atom is 0.149 e. The van der Waals surface area contributed by atoms with E-state index in [9.17, 15) is 4.79 Å². The molecule has 0 aromatic rings. The average molecular weight is 155 g/mol. The second-order valence-corrected chi connectivity index (χ2v) is 3.43. The van der Waals surface area contributed by atoms with Crippen molar-refractivity contribution in [2.75, 3.05) is 6.54 Å². The van der Waals surface area contributed by atoms with Gasteiger partial charge >= 0.3 is 0 Å². The van der Waals surface area contributed by atoms with Crippen LogP contribution in [0.4, 0.5) is 0 Å². The Morgan fingerprint density at radius 1 is 1.64 bits per heavy atom. The van der Waals surface area contributed by atoms with E-state index in [4.69, 9.17) is 0 Å². The van der Waals surface area contributed by atoms with Crippen LogP contribution in [0.15, 0.2) is 0 Å². The van der Waals surface area contributed by atoms with Gasteiger partial charge in [-0.15, -0.1) is 0 Å². The summed E-state index contributed by atoms with van der Waals surface area (Å²) in [5, 5.41) is 3.22. The molecule has 0 amide bonds. The lowest BCUT2D eigenvalue weighted by atomic mass is 10.0. The molecule has 0 heterocycles. The summed E-state index contributed by atoms with van der Waals surface area (Å²) in [4.78, 5) is 11.2. The van der Waals surface area contributed by atoms with Gasteiger partial charge in [-0.2, -0.15) is 0 Å². The molecule has 1 fully saturated rings. The number of nitrogens with one attached hydrogen (secondary N) is 1. The Bertz CT molecular complexity index is 140. The van der Waals surface area contributed by atoms with Crippen LogP contribution in [-0.2, 0) is 4.79 Å². The zero-order chi connectivity index (χ0) is 8.27. The van der Waals surface area contributed by atoms with Crippen molar-refractivity contribution in [2.24, 2.45) is 5.92 Å². The van der Waals surface area contributed by atoms with E-state index < -0.39 is 0 Å². The molecule has 0 aliphatic heterocycles. The number of rotatable bonds is 5. The highest BCUT2D eigenvalue weighted by Crippen LogP contribution is 2.18. The molecule has 0 spiro atoms. The van der Waals surface area contributed by atoms with Crippen molar-refractivity contribution in [1.82, 2.24) is 5.32 Å². The molecule has 0 bridgehead atoms. The third kappa shape index (κ3) is 3.02. The molecule has 1 aliphatic carbocycles. The number of Topliss-reactive ketones (excluding diaryl/α,β-unsaturated/α-hetero) is 1. The van der Waals surface area contributed by atoms with E-state index in [1.54, 1.807) is 0 Å². The molecular formula is C9H17NO. The average Bonchev–Trinajstić information content (AvgIpc) is 2.81. The lowest BCUT2D eigenvalue weighted by Crippen LogP contribution is -2.28. The summed E-state index contributed by atoms with van der Waals surface area (Å²) in [7, 11) is 0. The third-order valence-corrected chi connectivity index (χ3v) is 2.30. The lowest BCUT2D eigenvalue weighted by Gasteiger charge is -2.07. The van der Waals surface area contributed by atoms with Crippen molar-refractivity contribution >= 4 is 5.78 Å². The minimum Gasteiger partial charge on any atom is -0.307 e. The number of hydrogen-bond donors (Lipinski definition) is 1. The topological polar surface area (TPSA) is 29.1 Å². The maximum absolute atomic E-state index is 11.2. The number of hydrogen-bond acceptors (Lipinski definition) is 2. The molecular weight excluding hydrogens is 138 g/mol. The second kappa shape index (κ2) is 3.86. The molecule has 1 atom stereocenters. The van der Waals surface area contributed by atoms with Gasteiger partial charge in [-0.25, -0.2) is 0 Å². The summed E-state index contributed by atoms with van der Waals surface area (Å²) >= 11 is 0. The fourth-order valence-electron chi connectivity index (χ4n) is 0.934. The van der Waals surface area contributed by atoms with Crippen LogP contribution in [0.5, 0.6) is 0 Å². The standard InChI is InChI=1S/C9H17NO/c1-3-7(2)9(11)6-10-8-4-5-8/h7-8,10H,3-6H2,1-2H3. The molecule has 1 rings (SSSR count). The molecule has 11 heavy (non-hydrogen) atoms. The summed E-state index contributed by atoms with van der Waals surface area (Å²) in [5.74, 6) is 0.598. The molecule has 64 valence electrons. The van der Waals surface area contributed by atoms with Crippen LogP contribution in [0.1, 0.15) is 33.1 Å². The van der Waals surface area contributed by atoms with Gasteiger partial charge in [0.2, 0.25) is 0 Å². The fraction of sp³-hybridized carbons (Fsp3) is 0.889. The quantitative estimate of drug-likeness (QED) is 0.649. The number of carbonyl (C=O) groups is 1. The highest BCUT2D eigenvalue weighted by molar-refractivity contribution is 5.82. The number of ketones is 1. The first-order valence-corrected chi connectivity index (χ1v) is 4.50. The second-order valence-electron chi connectivity index (χ2n) is 3.43. The van der Waals surface area contributed by atoms with Crippen LogP contribution in [0.25, 0.3) is 0 Å². The monoisotopic (exact) mass is 155 g/mol. The molecule has 0 saturated heterocycles. The predicted octanol–water partition coefficient (Wildman–Crippen LogP) is 1.35. The predicted molar refractivity (Wildman–Crippen MR) is 45.5 cm³/mol. The fourth-order valence-corrected chi connectivity index (χ4v) is 0.934. The largest absolute Gasteiger partial charge is 0.307 e. The van der Waals surface area contributed by atoms with E-state index in [1.807, 2.05) is 6.92 Å². The SMILES string of the molecule is CCC(C)C(=O)CNC1CC1. The first kappa shape index (κ1) is 8.72. The molecule has 1 unspecified atom stereocenters. The minimum atomic E-state index is 0.237. The Morgan fingerprint density at radius 3 is 2.73 bits per heavy atom. The van der Waals surface area contributed by atoms with E-state index in [2.05, 4.69) is 12.2 Å². The van der Waals surface area contributed by atoms with E-state index in [0.717, 1.165) is 6.42 Å². The first-order chi connectivity index (χ1) is 5.24. The zero-order valence-electron chi connectivity index (χ0n) is 7.39. The van der Waals surface area contributed by atoms with Gasteiger partial charge in [0.05, 0.1) is 6.54 Å². The van der Waals surface area contributed by atoms with Crippen LogP contribution < -0.4 is 5.32 Å². The highest BCUT2D eigenvalue weighted by Gasteiger charge is 2.21. The van der Waals surface area contributed by atoms with E-state index in [0.29, 0.717) is 18.4 Å². The van der Waals surface area contributed by atoms with Gasteiger partial charge in [0.1, 0.15) is 5.78 Å². The van der Waals surface area contributed by atoms with E-state index in [1.165, 1.54) is 12.8 Å². The molecule has 0 radical (unpaired) electrons. The van der Waals surface area contributed by atoms with Crippen molar-refractivity contribution in [3.8, 4) is 0 Å². The van der Waals surface area contributed by atoms with Crippen molar-refractivity contribution in [3.05, 3.63) is 0 Å². The zero-order valence-corrected chi connectivity index (χ0v) is 7.39. The van der Waals surface area contributed by atoms with Gasteiger partial charge < -0.3 is 5.32 Å². The Labute approximate surface area is 68.4 Å². The van der Waals surface area contributed by atoms with Crippen molar-refractivity contribution < 1.29 is 4.79 Å². The summed E-state index contributed by atoms with van der Waals surface area (Å²) in [6.45, 7) is 4.64. The van der Waals surface area contributed by atoms with Gasteiger partial charge in [-0.3, -0.25) is 4.79 Å². The normalized spacial score (nSPS) is 19.8. The molecule has 2 heteroatoms. The van der Waals surface area contributed by atoms with Gasteiger partial charge in [-0.05, 0) is 19.3 Å². The smallest absolute Gasteiger partial charge is 0.149 e. The third-order valence-electron chi connectivity index (χ3n) is 2.30. The van der Waals surface area contributed by atoms with Gasteiger partial charge in [-0.1, -0.05) is 13.8 Å². The van der Waals surface area contributed by atoms with Crippen LogP contribution in [-0.4, -0.2) is 18.4 Å². The maximum atomic E-state index is 11.2. The van der Waals surface area contributed by atoms with Crippen molar-refractivity contribution in [1.29, 1.82) is 0 Å². The highest BCUT2D eigenvalue weighted by atomic mass is 16.1. The summed E-state index contributed by atoms with van der Waals surface area (Å²) < 4.78 is 0. The van der Waals surface area contributed by atoms with Gasteiger partial charge in [0.15, 0.2) is 0 Å². The molecule has 0 aromatic heterocycles. The Balaban J connectivity index is 2.08. The van der Waals surface area contributed by atoms with Crippen LogP contribution in [0.2, 0.25) is 0 Å². The molecule has 2 nitrogen and oxygen atoms in total. The van der Waals surface area contributed by atoms with Crippen LogP contribution in [0.3, 0.4) is 0 Å². The van der Waals surface area contributed by atoms with Gasteiger partial charge in [0.25, 0.3) is 0 Å². The summed E-state index contributed by atoms with van der Waals surface area (Å²) in [6.07, 6.45) is 3.48. The first-order valence-electron chi connectivity index (χ1n) is 4.50. The Morgan fingerprint density at radius 2 is 2.27 bits per heavy atom. The van der Waals surface area contributed by atoms with Crippen molar-refractivity contribution in [3.63, 3.8) is 0 Å². The van der Waals surface area contributed by atoms with Crippen LogP contribution in [0, 0.1) is 5.92 Å². The Hall–Kier alpha value is -0.370. The summed E-state index contributed by atoms with van der Waals surface area (Å²) in [5.41, 5.74) is 0. The molecule has 0 aromatic carbocycles. The summed E-state index contributed by atoms with van der Waals surface area (Å²) in [6, 6.07) is 0.656. The van der Waals surface area contributed by atoms with E-state index in [-0.39, 0.29) is 5.92 Å². The van der Waals surface area contributed by atoms with Gasteiger partial charge in [0, 0.05) is 12.0 Å². The molecule has 1 N–H and O–H groups in total. The molecule has 1 saturated carbocycles. The minimum absolute atomic E-state index is 0.237.